The molecule has 0 amide bonds. The highest BCUT2D eigenvalue weighted by atomic mass is 16.5. The molecule has 1 N–H and O–H groups in total. The first-order chi connectivity index (χ1) is 10.1. The van der Waals surface area contributed by atoms with Gasteiger partial charge in [-0.1, -0.05) is 43.7 Å². The predicted molar refractivity (Wildman–Crippen MR) is 86.2 cm³/mol. The Morgan fingerprint density at radius 3 is 2.48 bits per heavy atom. The van der Waals surface area contributed by atoms with Crippen LogP contribution >= 0.6 is 0 Å². The maximum atomic E-state index is 12.4. The molecule has 4 heteroatoms. The molecule has 0 spiro atoms. The van der Waals surface area contributed by atoms with E-state index in [4.69, 9.17) is 4.74 Å². The molecular formula is C17H28N2O2. The zero-order chi connectivity index (χ0) is 15.7. The number of hydrogen-bond donors (Lipinski definition) is 1. The molecule has 1 atom stereocenters. The van der Waals surface area contributed by atoms with E-state index in [-0.39, 0.29) is 5.97 Å². The van der Waals surface area contributed by atoms with Crippen molar-refractivity contribution in [2.24, 2.45) is 0 Å². The van der Waals surface area contributed by atoms with Gasteiger partial charge < -0.3 is 15.0 Å². The van der Waals surface area contributed by atoms with Gasteiger partial charge in [-0.2, -0.15) is 0 Å². The Balaban J connectivity index is 2.90. The molecular weight excluding hydrogens is 264 g/mol. The van der Waals surface area contributed by atoms with E-state index in [1.54, 1.807) is 0 Å². The van der Waals surface area contributed by atoms with Crippen molar-refractivity contribution in [2.75, 3.05) is 34.3 Å². The second-order valence-corrected chi connectivity index (χ2v) is 5.42. The van der Waals surface area contributed by atoms with E-state index in [2.05, 4.69) is 24.2 Å². The van der Waals surface area contributed by atoms with Gasteiger partial charge in [0, 0.05) is 6.54 Å². The Kier molecular flexibility index (Phi) is 7.40. The highest BCUT2D eigenvalue weighted by Crippen LogP contribution is 2.26. The summed E-state index contributed by atoms with van der Waals surface area (Å²) in [6.45, 7) is 4.07. The Morgan fingerprint density at radius 1 is 1.29 bits per heavy atom. The minimum atomic E-state index is -0.781. The molecule has 21 heavy (non-hydrogen) atoms. The first kappa shape index (κ1) is 17.7. The zero-order valence-electron chi connectivity index (χ0n) is 13.7. The lowest BCUT2D eigenvalue weighted by atomic mass is 9.86. The third-order valence-corrected chi connectivity index (χ3v) is 3.99. The maximum Gasteiger partial charge on any atom is 0.330 e. The number of methoxy groups -OCH3 is 1. The highest BCUT2D eigenvalue weighted by Gasteiger charge is 2.39. The van der Waals surface area contributed by atoms with E-state index >= 15 is 0 Å². The van der Waals surface area contributed by atoms with Crippen LogP contribution in [0, 0.1) is 0 Å². The first-order valence-electron chi connectivity index (χ1n) is 7.62. The monoisotopic (exact) mass is 292 g/mol. The van der Waals surface area contributed by atoms with E-state index in [1.165, 1.54) is 20.0 Å². The summed E-state index contributed by atoms with van der Waals surface area (Å²) in [5.74, 6) is -0.236. The number of carbonyl (C=O) groups is 1. The summed E-state index contributed by atoms with van der Waals surface area (Å²) in [7, 11) is 5.35. The van der Waals surface area contributed by atoms with Crippen molar-refractivity contribution in [3.8, 4) is 0 Å². The summed E-state index contributed by atoms with van der Waals surface area (Å²) >= 11 is 0. The molecule has 118 valence electrons. The lowest BCUT2D eigenvalue weighted by Gasteiger charge is -2.32. The van der Waals surface area contributed by atoms with Crippen LogP contribution in [0.5, 0.6) is 0 Å². The van der Waals surface area contributed by atoms with Gasteiger partial charge in [-0.25, -0.2) is 4.79 Å². The van der Waals surface area contributed by atoms with Crippen molar-refractivity contribution in [3.63, 3.8) is 0 Å². The largest absolute Gasteiger partial charge is 0.467 e. The van der Waals surface area contributed by atoms with Gasteiger partial charge in [-0.05, 0) is 39.0 Å². The van der Waals surface area contributed by atoms with Gasteiger partial charge in [-0.15, -0.1) is 0 Å². The Bertz CT molecular complexity index is 422. The van der Waals surface area contributed by atoms with Gasteiger partial charge in [0.15, 0.2) is 0 Å². The average molecular weight is 292 g/mol. The summed E-state index contributed by atoms with van der Waals surface area (Å²) in [5, 5.41) is 3.19. The predicted octanol–water partition coefficient (Wildman–Crippen LogP) is 2.40. The van der Waals surface area contributed by atoms with Crippen LogP contribution < -0.4 is 5.32 Å². The van der Waals surface area contributed by atoms with Crippen LogP contribution in [-0.2, 0) is 15.1 Å². The molecule has 1 unspecified atom stereocenters. The Labute approximate surface area is 128 Å². The summed E-state index contributed by atoms with van der Waals surface area (Å²) in [4.78, 5) is 14.7. The number of esters is 1. The normalized spacial score (nSPS) is 14.0. The van der Waals surface area contributed by atoms with Gasteiger partial charge in [0.05, 0.1) is 7.11 Å². The lowest BCUT2D eigenvalue weighted by molar-refractivity contribution is -0.149. The molecule has 0 aromatic heterocycles. The molecule has 0 radical (unpaired) electrons. The van der Waals surface area contributed by atoms with Gasteiger partial charge in [-0.3, -0.25) is 0 Å². The molecule has 0 aliphatic carbocycles. The molecule has 0 saturated carbocycles. The van der Waals surface area contributed by atoms with Crippen LogP contribution in [0.2, 0.25) is 0 Å². The van der Waals surface area contributed by atoms with Crippen LogP contribution in [0.25, 0.3) is 0 Å². The average Bonchev–Trinajstić information content (AvgIpc) is 2.54. The van der Waals surface area contributed by atoms with E-state index in [0.717, 1.165) is 18.7 Å². The number of hydrogen-bond acceptors (Lipinski definition) is 4. The highest BCUT2D eigenvalue weighted by molar-refractivity contribution is 5.82. The Hall–Kier alpha value is -1.39. The number of unbranched alkanes of at least 4 members (excludes halogenated alkanes) is 1. The summed E-state index contributed by atoms with van der Waals surface area (Å²) in [5.41, 5.74) is 0.166. The summed E-state index contributed by atoms with van der Waals surface area (Å²) in [6, 6.07) is 9.80. The summed E-state index contributed by atoms with van der Waals surface area (Å²) < 4.78 is 5.05. The van der Waals surface area contributed by atoms with Gasteiger partial charge in [0.2, 0.25) is 0 Å². The molecule has 0 aliphatic heterocycles. The topological polar surface area (TPSA) is 41.6 Å². The van der Waals surface area contributed by atoms with Gasteiger partial charge >= 0.3 is 5.97 Å². The standard InChI is InChI=1S/C17H28N2O2/c1-5-6-13-19(3)14-12-17(18-2,16(20)21-4)15-10-8-7-9-11-15/h7-11,18H,5-6,12-14H2,1-4H3. The van der Waals surface area contributed by atoms with Crippen molar-refractivity contribution in [2.45, 2.75) is 31.7 Å². The van der Waals surface area contributed by atoms with Crippen LogP contribution in [0.3, 0.4) is 0 Å². The number of carbonyl (C=O) groups excluding carboxylic acids is 1. The number of benzene rings is 1. The molecule has 0 saturated heterocycles. The molecule has 0 aliphatic rings. The lowest BCUT2D eigenvalue weighted by Crippen LogP contribution is -2.50. The molecule has 1 aromatic carbocycles. The van der Waals surface area contributed by atoms with E-state index < -0.39 is 5.54 Å². The minimum absolute atomic E-state index is 0.236. The van der Waals surface area contributed by atoms with Crippen molar-refractivity contribution in [1.82, 2.24) is 10.2 Å². The smallest absolute Gasteiger partial charge is 0.330 e. The number of likely N-dealkylation sites (N-methyl/N-ethyl adjacent to an activating group) is 1. The summed E-state index contributed by atoms with van der Waals surface area (Å²) in [6.07, 6.45) is 3.03. The second-order valence-electron chi connectivity index (χ2n) is 5.42. The van der Waals surface area contributed by atoms with Crippen LogP contribution in [-0.4, -0.2) is 45.2 Å². The van der Waals surface area contributed by atoms with Crippen LogP contribution in [0.15, 0.2) is 30.3 Å². The number of nitrogens with zero attached hydrogens (tertiary/aromatic N) is 1. The second kappa shape index (κ2) is 8.80. The zero-order valence-corrected chi connectivity index (χ0v) is 13.7. The molecule has 1 aromatic rings. The first-order valence-corrected chi connectivity index (χ1v) is 7.62. The van der Waals surface area contributed by atoms with Crippen LogP contribution in [0.1, 0.15) is 31.7 Å². The number of rotatable bonds is 9. The van der Waals surface area contributed by atoms with Gasteiger partial charge in [0.25, 0.3) is 0 Å². The molecule has 0 fully saturated rings. The van der Waals surface area contributed by atoms with Gasteiger partial charge in [0.1, 0.15) is 5.54 Å². The van der Waals surface area contributed by atoms with E-state index in [0.29, 0.717) is 6.42 Å². The molecule has 0 heterocycles. The SMILES string of the molecule is CCCCN(C)CCC(NC)(C(=O)OC)c1ccccc1. The molecule has 1 rings (SSSR count). The van der Waals surface area contributed by atoms with Crippen LogP contribution in [0.4, 0.5) is 0 Å². The third kappa shape index (κ3) is 4.55. The fourth-order valence-electron chi connectivity index (χ4n) is 2.53. The maximum absolute atomic E-state index is 12.4. The fourth-order valence-corrected chi connectivity index (χ4v) is 2.53. The van der Waals surface area contributed by atoms with E-state index in [1.807, 2.05) is 37.4 Å². The third-order valence-electron chi connectivity index (χ3n) is 3.99. The quantitative estimate of drug-likeness (QED) is 0.710. The van der Waals surface area contributed by atoms with Crippen molar-refractivity contribution in [1.29, 1.82) is 0 Å². The fraction of sp³-hybridized carbons (Fsp3) is 0.588. The van der Waals surface area contributed by atoms with E-state index in [9.17, 15) is 4.79 Å². The van der Waals surface area contributed by atoms with Crippen molar-refractivity contribution < 1.29 is 9.53 Å². The minimum Gasteiger partial charge on any atom is -0.467 e. The molecule has 4 nitrogen and oxygen atoms in total. The number of nitrogens with one attached hydrogen (secondary N) is 1. The molecule has 0 bridgehead atoms. The van der Waals surface area contributed by atoms with Crippen molar-refractivity contribution >= 4 is 5.97 Å². The Morgan fingerprint density at radius 2 is 1.95 bits per heavy atom. The van der Waals surface area contributed by atoms with Crippen molar-refractivity contribution in [3.05, 3.63) is 35.9 Å². The number of ether oxygens (including phenoxy) is 1.